The lowest BCUT2D eigenvalue weighted by atomic mass is 10.2. The summed E-state index contributed by atoms with van der Waals surface area (Å²) in [6.07, 6.45) is 3.13. The van der Waals surface area contributed by atoms with E-state index >= 15 is 0 Å². The van der Waals surface area contributed by atoms with Gasteiger partial charge in [0.25, 0.3) is 5.91 Å². The van der Waals surface area contributed by atoms with Gasteiger partial charge in [-0.25, -0.2) is 9.97 Å². The van der Waals surface area contributed by atoms with E-state index in [0.29, 0.717) is 22.0 Å². The molecule has 160 valence electrons. The number of ether oxygens (including phenoxy) is 1. The van der Waals surface area contributed by atoms with E-state index in [4.69, 9.17) is 4.74 Å². The molecule has 2 N–H and O–H groups in total. The van der Waals surface area contributed by atoms with Crippen LogP contribution in [0.3, 0.4) is 0 Å². The maximum absolute atomic E-state index is 13.6. The average molecular weight is 483 g/mol. The van der Waals surface area contributed by atoms with E-state index in [1.807, 2.05) is 0 Å². The number of amides is 2. The van der Waals surface area contributed by atoms with E-state index in [2.05, 4.69) is 43.1 Å². The Morgan fingerprint density at radius 3 is 2.67 bits per heavy atom. The first kappa shape index (κ1) is 23.4. The summed E-state index contributed by atoms with van der Waals surface area (Å²) < 4.78 is 32.6. The Morgan fingerprint density at radius 2 is 2.03 bits per heavy atom. The summed E-state index contributed by atoms with van der Waals surface area (Å²) in [5.74, 6) is -3.45. The highest BCUT2D eigenvalue weighted by Gasteiger charge is 2.31. The average Bonchev–Trinajstić information content (AvgIpc) is 2.71. The highest BCUT2D eigenvalue weighted by Crippen LogP contribution is 2.27. The number of rotatable bonds is 9. The molecular weight excluding hydrogens is 462 g/mol. The fourth-order valence-electron chi connectivity index (χ4n) is 2.11. The number of hydrogen-bond donors (Lipinski definition) is 2. The standard InChI is InChI=1S/C20H21BrF2N4O3/c1-4-17(28)27-16-8-14(5-6-24-16)18(29)25-9-13-7-15(21)19(26-10-13)30-11-20(22,23)12(2)3/h5-8,10H,2,4,9,11H2,1,3H3,(H,25,29)(H,24,27,28). The Bertz CT molecular complexity index is 953. The lowest BCUT2D eigenvalue weighted by Crippen LogP contribution is -2.27. The second-order valence-corrected chi connectivity index (χ2v) is 7.27. The first-order chi connectivity index (χ1) is 14.1. The number of anilines is 1. The number of pyridine rings is 2. The Morgan fingerprint density at radius 1 is 1.30 bits per heavy atom. The van der Waals surface area contributed by atoms with Gasteiger partial charge >= 0.3 is 5.92 Å². The van der Waals surface area contributed by atoms with Crippen LogP contribution in [0.1, 0.15) is 36.2 Å². The SMILES string of the molecule is C=C(C)C(F)(F)COc1ncc(CNC(=O)c2ccnc(NC(=O)CC)c2)cc1Br. The summed E-state index contributed by atoms with van der Waals surface area (Å²) in [4.78, 5) is 31.8. The molecule has 2 heterocycles. The number of carbonyl (C=O) groups excluding carboxylic acids is 2. The van der Waals surface area contributed by atoms with E-state index in [1.165, 1.54) is 31.5 Å². The third kappa shape index (κ3) is 6.58. The van der Waals surface area contributed by atoms with Crippen molar-refractivity contribution in [3.05, 3.63) is 58.3 Å². The van der Waals surface area contributed by atoms with Gasteiger partial charge in [0.1, 0.15) is 5.82 Å². The molecular formula is C20H21BrF2N4O3. The van der Waals surface area contributed by atoms with Crippen LogP contribution in [0.15, 0.2) is 47.2 Å². The molecule has 0 radical (unpaired) electrons. The second kappa shape index (κ2) is 10.2. The molecule has 0 aliphatic carbocycles. The van der Waals surface area contributed by atoms with Crippen LogP contribution >= 0.6 is 15.9 Å². The van der Waals surface area contributed by atoms with Crippen molar-refractivity contribution in [2.75, 3.05) is 11.9 Å². The molecule has 10 heteroatoms. The lowest BCUT2D eigenvalue weighted by Gasteiger charge is -2.17. The molecule has 0 unspecified atom stereocenters. The van der Waals surface area contributed by atoms with Gasteiger partial charge in [0.2, 0.25) is 11.8 Å². The summed E-state index contributed by atoms with van der Waals surface area (Å²) >= 11 is 3.23. The molecule has 0 saturated heterocycles. The summed E-state index contributed by atoms with van der Waals surface area (Å²) in [5, 5.41) is 5.30. The highest BCUT2D eigenvalue weighted by atomic mass is 79.9. The minimum Gasteiger partial charge on any atom is -0.470 e. The maximum Gasteiger partial charge on any atom is 0.302 e. The van der Waals surface area contributed by atoms with Gasteiger partial charge in [-0.15, -0.1) is 0 Å². The van der Waals surface area contributed by atoms with Crippen LogP contribution in [-0.2, 0) is 11.3 Å². The Labute approximate surface area is 181 Å². The van der Waals surface area contributed by atoms with Gasteiger partial charge < -0.3 is 15.4 Å². The van der Waals surface area contributed by atoms with E-state index in [0.717, 1.165) is 0 Å². The van der Waals surface area contributed by atoms with Crippen LogP contribution in [-0.4, -0.2) is 34.3 Å². The number of alkyl halides is 2. The molecule has 2 rings (SSSR count). The van der Waals surface area contributed by atoms with Crippen LogP contribution in [0.5, 0.6) is 5.88 Å². The maximum atomic E-state index is 13.6. The van der Waals surface area contributed by atoms with Gasteiger partial charge in [-0.3, -0.25) is 9.59 Å². The third-order valence-corrected chi connectivity index (χ3v) is 4.51. The number of aromatic nitrogens is 2. The lowest BCUT2D eigenvalue weighted by molar-refractivity contribution is -0.115. The summed E-state index contributed by atoms with van der Waals surface area (Å²) in [7, 11) is 0. The quantitative estimate of drug-likeness (QED) is 0.524. The van der Waals surface area contributed by atoms with Crippen molar-refractivity contribution in [2.45, 2.75) is 32.7 Å². The summed E-state index contributed by atoms with van der Waals surface area (Å²) in [6.45, 7) is 5.44. The van der Waals surface area contributed by atoms with Crippen molar-refractivity contribution >= 4 is 33.6 Å². The summed E-state index contributed by atoms with van der Waals surface area (Å²) in [5.41, 5.74) is 0.652. The third-order valence-electron chi connectivity index (χ3n) is 3.94. The number of hydrogen-bond acceptors (Lipinski definition) is 5. The second-order valence-electron chi connectivity index (χ2n) is 6.42. The zero-order chi connectivity index (χ0) is 22.3. The van der Waals surface area contributed by atoms with Gasteiger partial charge in [0, 0.05) is 30.9 Å². The van der Waals surface area contributed by atoms with Crippen LogP contribution in [0, 0.1) is 0 Å². The molecule has 0 saturated carbocycles. The monoisotopic (exact) mass is 482 g/mol. The van der Waals surface area contributed by atoms with Crippen molar-refractivity contribution in [3.8, 4) is 5.88 Å². The van der Waals surface area contributed by atoms with E-state index in [-0.39, 0.29) is 35.6 Å². The van der Waals surface area contributed by atoms with E-state index in [1.54, 1.807) is 13.0 Å². The number of halogens is 3. The molecule has 0 aliphatic heterocycles. The molecule has 7 nitrogen and oxygen atoms in total. The molecule has 2 aromatic rings. The molecule has 2 amide bonds. The first-order valence-electron chi connectivity index (χ1n) is 8.97. The molecule has 2 aromatic heterocycles. The van der Waals surface area contributed by atoms with Crippen LogP contribution in [0.4, 0.5) is 14.6 Å². The normalized spacial score (nSPS) is 11.0. The zero-order valence-electron chi connectivity index (χ0n) is 16.5. The van der Waals surface area contributed by atoms with Gasteiger partial charge in [0.05, 0.1) is 4.47 Å². The van der Waals surface area contributed by atoms with Gasteiger partial charge in [0.15, 0.2) is 6.61 Å². The van der Waals surface area contributed by atoms with Crippen LogP contribution < -0.4 is 15.4 Å². The largest absolute Gasteiger partial charge is 0.470 e. The smallest absolute Gasteiger partial charge is 0.302 e. The van der Waals surface area contributed by atoms with E-state index in [9.17, 15) is 18.4 Å². The highest BCUT2D eigenvalue weighted by molar-refractivity contribution is 9.10. The number of nitrogens with one attached hydrogen (secondary N) is 2. The Kier molecular flexibility index (Phi) is 7.99. The van der Waals surface area contributed by atoms with Crippen molar-refractivity contribution in [1.82, 2.24) is 15.3 Å². The first-order valence-corrected chi connectivity index (χ1v) is 9.76. The predicted molar refractivity (Wildman–Crippen MR) is 112 cm³/mol. The molecule has 0 atom stereocenters. The zero-order valence-corrected chi connectivity index (χ0v) is 18.1. The Balaban J connectivity index is 1.97. The van der Waals surface area contributed by atoms with Crippen molar-refractivity contribution in [2.24, 2.45) is 0 Å². The van der Waals surface area contributed by atoms with Gasteiger partial charge in [-0.2, -0.15) is 8.78 Å². The number of nitrogens with zero attached hydrogens (tertiary/aromatic N) is 2. The molecule has 0 aromatic carbocycles. The van der Waals surface area contributed by atoms with Gasteiger partial charge in [-0.05, 0) is 52.2 Å². The van der Waals surface area contributed by atoms with Crippen LogP contribution in [0.25, 0.3) is 0 Å². The minimum absolute atomic E-state index is 0.0106. The summed E-state index contributed by atoms with van der Waals surface area (Å²) in [6, 6.07) is 4.60. The van der Waals surface area contributed by atoms with E-state index < -0.39 is 12.5 Å². The Hall–Kier alpha value is -2.88. The molecule has 0 fully saturated rings. The molecule has 0 bridgehead atoms. The molecule has 30 heavy (non-hydrogen) atoms. The predicted octanol–water partition coefficient (Wildman–Crippen LogP) is 4.11. The molecule has 0 spiro atoms. The van der Waals surface area contributed by atoms with Crippen molar-refractivity contribution in [1.29, 1.82) is 0 Å². The fourth-order valence-corrected chi connectivity index (χ4v) is 2.62. The topological polar surface area (TPSA) is 93.2 Å². The van der Waals surface area contributed by atoms with Gasteiger partial charge in [-0.1, -0.05) is 13.5 Å². The van der Waals surface area contributed by atoms with Crippen molar-refractivity contribution < 1.29 is 23.1 Å². The van der Waals surface area contributed by atoms with Crippen molar-refractivity contribution in [3.63, 3.8) is 0 Å². The van der Waals surface area contributed by atoms with Crippen LogP contribution in [0.2, 0.25) is 0 Å². The molecule has 0 aliphatic rings. The minimum atomic E-state index is -3.16. The fraction of sp³-hybridized carbons (Fsp3) is 0.300. The number of carbonyl (C=O) groups is 2.